The monoisotopic (exact) mass is 251 g/mol. The van der Waals surface area contributed by atoms with Gasteiger partial charge in [-0.15, -0.1) is 0 Å². The van der Waals surface area contributed by atoms with Crippen LogP contribution >= 0.6 is 0 Å². The highest BCUT2D eigenvalue weighted by molar-refractivity contribution is 4.94. The number of hydrogen-bond donors (Lipinski definition) is 1. The van der Waals surface area contributed by atoms with Gasteiger partial charge in [-0.05, 0) is 42.4 Å². The molecular weight excluding hydrogens is 218 g/mol. The Balaban J connectivity index is 2.06. The molecule has 18 heavy (non-hydrogen) atoms. The summed E-state index contributed by atoms with van der Waals surface area (Å²) in [5.74, 6) is 2.49. The molecule has 0 aromatic heterocycles. The Bertz CT molecular complexity index is 258. The molecule has 106 valence electrons. The molecule has 2 aliphatic rings. The normalized spacial score (nSPS) is 38.3. The molecule has 0 saturated heterocycles. The Hall–Kier alpha value is -0.0400. The van der Waals surface area contributed by atoms with E-state index >= 15 is 0 Å². The van der Waals surface area contributed by atoms with Crippen LogP contribution in [0.1, 0.15) is 78.6 Å². The van der Waals surface area contributed by atoms with E-state index in [-0.39, 0.29) is 0 Å². The Kier molecular flexibility index (Phi) is 4.75. The fourth-order valence-electron chi connectivity index (χ4n) is 4.78. The molecule has 0 aliphatic heterocycles. The van der Waals surface area contributed by atoms with E-state index in [1.54, 1.807) is 0 Å². The summed E-state index contributed by atoms with van der Waals surface area (Å²) in [6.07, 6.45) is 12.6. The highest BCUT2D eigenvalue weighted by atomic mass is 14.7. The molecule has 2 saturated carbocycles. The van der Waals surface area contributed by atoms with E-state index in [0.29, 0.717) is 11.5 Å². The molecule has 0 amide bonds. The van der Waals surface area contributed by atoms with Gasteiger partial charge in [0.2, 0.25) is 0 Å². The summed E-state index contributed by atoms with van der Waals surface area (Å²) >= 11 is 0. The van der Waals surface area contributed by atoms with Crippen LogP contribution in [-0.2, 0) is 0 Å². The van der Waals surface area contributed by atoms with Gasteiger partial charge < -0.3 is 5.73 Å². The van der Waals surface area contributed by atoms with E-state index in [4.69, 9.17) is 5.73 Å². The molecule has 1 nitrogen and oxygen atoms in total. The third-order valence-electron chi connectivity index (χ3n) is 6.04. The maximum Gasteiger partial charge on any atom is 0.0103 e. The fraction of sp³-hybridized carbons (Fsp3) is 1.00. The minimum absolute atomic E-state index is 0.463. The van der Waals surface area contributed by atoms with Gasteiger partial charge in [0.15, 0.2) is 0 Å². The first-order valence-electron chi connectivity index (χ1n) is 8.32. The van der Waals surface area contributed by atoms with Crippen molar-refractivity contribution in [1.29, 1.82) is 0 Å². The van der Waals surface area contributed by atoms with E-state index in [9.17, 15) is 0 Å². The number of rotatable bonds is 3. The average molecular weight is 251 g/mol. The largest absolute Gasteiger partial charge is 0.327 e. The second-order valence-corrected chi connectivity index (χ2v) is 7.53. The maximum atomic E-state index is 6.76. The van der Waals surface area contributed by atoms with Gasteiger partial charge >= 0.3 is 0 Å². The summed E-state index contributed by atoms with van der Waals surface area (Å²) in [4.78, 5) is 0. The third-order valence-corrected chi connectivity index (χ3v) is 6.04. The van der Waals surface area contributed by atoms with Crippen LogP contribution in [0.5, 0.6) is 0 Å². The highest BCUT2D eigenvalue weighted by Crippen LogP contribution is 2.46. The number of nitrogens with two attached hydrogens (primary N) is 1. The molecular formula is C17H33N. The third kappa shape index (κ3) is 2.92. The summed E-state index contributed by atoms with van der Waals surface area (Å²) < 4.78 is 0. The lowest BCUT2D eigenvalue weighted by Crippen LogP contribution is -2.48. The summed E-state index contributed by atoms with van der Waals surface area (Å²) in [7, 11) is 0. The van der Waals surface area contributed by atoms with Crippen LogP contribution in [0.25, 0.3) is 0 Å². The van der Waals surface area contributed by atoms with Crippen molar-refractivity contribution in [3.8, 4) is 0 Å². The Morgan fingerprint density at radius 3 is 2.39 bits per heavy atom. The first-order chi connectivity index (χ1) is 8.56. The molecule has 2 rings (SSSR count). The summed E-state index contributed by atoms with van der Waals surface area (Å²) in [5.41, 5.74) is 7.24. The van der Waals surface area contributed by atoms with Crippen molar-refractivity contribution in [2.75, 3.05) is 0 Å². The van der Waals surface area contributed by atoms with Gasteiger partial charge in [0.25, 0.3) is 0 Å². The Morgan fingerprint density at radius 1 is 1.06 bits per heavy atom. The van der Waals surface area contributed by atoms with Crippen molar-refractivity contribution in [2.45, 2.75) is 84.6 Å². The van der Waals surface area contributed by atoms with Crippen molar-refractivity contribution in [2.24, 2.45) is 28.9 Å². The molecule has 2 fully saturated rings. The quantitative estimate of drug-likeness (QED) is 0.770. The standard InChI is InChI=1S/C17H33N/c1-4-13-9-5-6-10-14(13)16(18)15-11-7-8-12-17(15,2)3/h13-16H,4-12,18H2,1-3H3. The average Bonchev–Trinajstić information content (AvgIpc) is 2.37. The van der Waals surface area contributed by atoms with Crippen molar-refractivity contribution < 1.29 is 0 Å². The predicted octanol–water partition coefficient (Wildman–Crippen LogP) is 4.75. The van der Waals surface area contributed by atoms with Gasteiger partial charge in [-0.1, -0.05) is 59.3 Å². The second-order valence-electron chi connectivity index (χ2n) is 7.53. The van der Waals surface area contributed by atoms with Crippen LogP contribution in [0.4, 0.5) is 0 Å². The smallest absolute Gasteiger partial charge is 0.0103 e. The summed E-state index contributed by atoms with van der Waals surface area (Å²) in [6.45, 7) is 7.28. The first kappa shape index (κ1) is 14.4. The minimum atomic E-state index is 0.463. The van der Waals surface area contributed by atoms with Crippen molar-refractivity contribution in [1.82, 2.24) is 0 Å². The fourth-order valence-corrected chi connectivity index (χ4v) is 4.78. The SMILES string of the molecule is CCC1CCCCC1C(N)C1CCCCC1(C)C. The topological polar surface area (TPSA) is 26.0 Å². The Morgan fingerprint density at radius 2 is 1.72 bits per heavy atom. The molecule has 2 N–H and O–H groups in total. The van der Waals surface area contributed by atoms with E-state index < -0.39 is 0 Å². The van der Waals surface area contributed by atoms with Gasteiger partial charge in [0.05, 0.1) is 0 Å². The van der Waals surface area contributed by atoms with E-state index in [0.717, 1.165) is 17.8 Å². The summed E-state index contributed by atoms with van der Waals surface area (Å²) in [5, 5.41) is 0. The molecule has 0 heterocycles. The van der Waals surface area contributed by atoms with Gasteiger partial charge in [-0.3, -0.25) is 0 Å². The molecule has 1 heteroatoms. The highest BCUT2D eigenvalue weighted by Gasteiger charge is 2.41. The van der Waals surface area contributed by atoms with Crippen LogP contribution in [0.2, 0.25) is 0 Å². The van der Waals surface area contributed by atoms with Crippen molar-refractivity contribution in [3.05, 3.63) is 0 Å². The van der Waals surface area contributed by atoms with Crippen molar-refractivity contribution in [3.63, 3.8) is 0 Å². The van der Waals surface area contributed by atoms with Gasteiger partial charge in [0.1, 0.15) is 0 Å². The van der Waals surface area contributed by atoms with E-state index in [2.05, 4.69) is 20.8 Å². The van der Waals surface area contributed by atoms with E-state index in [1.165, 1.54) is 57.8 Å². The van der Waals surface area contributed by atoms with E-state index in [1.807, 2.05) is 0 Å². The zero-order valence-electron chi connectivity index (χ0n) is 12.8. The number of hydrogen-bond acceptors (Lipinski definition) is 1. The van der Waals surface area contributed by atoms with Crippen LogP contribution < -0.4 is 5.73 Å². The molecule has 2 aliphatic carbocycles. The van der Waals surface area contributed by atoms with Crippen LogP contribution in [0, 0.1) is 23.2 Å². The van der Waals surface area contributed by atoms with Crippen molar-refractivity contribution >= 4 is 0 Å². The zero-order valence-corrected chi connectivity index (χ0v) is 12.8. The summed E-state index contributed by atoms with van der Waals surface area (Å²) in [6, 6.07) is 0.463. The lowest BCUT2D eigenvalue weighted by Gasteiger charge is -2.47. The van der Waals surface area contributed by atoms with Gasteiger partial charge in [-0.25, -0.2) is 0 Å². The molecule has 0 spiro atoms. The zero-order chi connectivity index (χ0) is 13.2. The van der Waals surface area contributed by atoms with Gasteiger partial charge in [0, 0.05) is 6.04 Å². The predicted molar refractivity (Wildman–Crippen MR) is 79.5 cm³/mol. The van der Waals surface area contributed by atoms with Crippen LogP contribution in [0.15, 0.2) is 0 Å². The second kappa shape index (κ2) is 5.94. The lowest BCUT2D eigenvalue weighted by atomic mass is 9.60. The molecule has 4 unspecified atom stereocenters. The Labute approximate surface area is 114 Å². The molecule has 0 aromatic carbocycles. The lowest BCUT2D eigenvalue weighted by molar-refractivity contribution is 0.0594. The molecule has 0 aromatic rings. The maximum absolute atomic E-state index is 6.76. The molecule has 0 bridgehead atoms. The van der Waals surface area contributed by atoms with Gasteiger partial charge in [-0.2, -0.15) is 0 Å². The van der Waals surface area contributed by atoms with Crippen LogP contribution in [0.3, 0.4) is 0 Å². The minimum Gasteiger partial charge on any atom is -0.327 e. The first-order valence-corrected chi connectivity index (χ1v) is 8.32. The molecule has 4 atom stereocenters. The molecule has 0 radical (unpaired) electrons. The van der Waals surface area contributed by atoms with Crippen LogP contribution in [-0.4, -0.2) is 6.04 Å².